The molecule has 27 heavy (non-hydrogen) atoms. The van der Waals surface area contributed by atoms with Crippen LogP contribution in [0.5, 0.6) is 5.75 Å². The Morgan fingerprint density at radius 3 is 2.59 bits per heavy atom. The van der Waals surface area contributed by atoms with Crippen LogP contribution in [0.25, 0.3) is 10.8 Å². The van der Waals surface area contributed by atoms with Crippen LogP contribution in [0.2, 0.25) is 0 Å². The van der Waals surface area contributed by atoms with Crippen LogP contribution in [0.4, 0.5) is 4.39 Å². The normalized spacial score (nSPS) is 16.0. The van der Waals surface area contributed by atoms with Gasteiger partial charge in [-0.1, -0.05) is 54.6 Å². The summed E-state index contributed by atoms with van der Waals surface area (Å²) < 4.78 is 25.7. The smallest absolute Gasteiger partial charge is 0.340 e. The summed E-state index contributed by atoms with van der Waals surface area (Å²) in [5.41, 5.74) is 7.27. The Bertz CT molecular complexity index is 1070. The lowest BCUT2D eigenvalue weighted by molar-refractivity contribution is -0.139. The second-order valence-corrected chi connectivity index (χ2v) is 6.26. The number of fused-ring (bicyclic) bond motifs is 3. The van der Waals surface area contributed by atoms with Gasteiger partial charge in [0.1, 0.15) is 17.1 Å². The molecule has 1 aliphatic heterocycles. The molecule has 5 heteroatoms. The monoisotopic (exact) mass is 363 g/mol. The SMILES string of the molecule is CCOC(=O)C1=C(N)Oc2c(ccc3ccccc23)[C@@H]1c1ccccc1F. The van der Waals surface area contributed by atoms with Crippen LogP contribution in [0.1, 0.15) is 24.0 Å². The van der Waals surface area contributed by atoms with Crippen molar-refractivity contribution in [2.24, 2.45) is 5.73 Å². The zero-order valence-corrected chi connectivity index (χ0v) is 14.7. The van der Waals surface area contributed by atoms with E-state index in [0.29, 0.717) is 16.9 Å². The van der Waals surface area contributed by atoms with Crippen LogP contribution in [0.3, 0.4) is 0 Å². The second kappa shape index (κ2) is 6.76. The summed E-state index contributed by atoms with van der Waals surface area (Å²) >= 11 is 0. The van der Waals surface area contributed by atoms with Crippen LogP contribution < -0.4 is 10.5 Å². The van der Waals surface area contributed by atoms with E-state index in [4.69, 9.17) is 15.2 Å². The van der Waals surface area contributed by atoms with Crippen LogP contribution in [-0.4, -0.2) is 12.6 Å². The minimum Gasteiger partial charge on any atom is -0.462 e. The molecule has 0 saturated carbocycles. The van der Waals surface area contributed by atoms with Gasteiger partial charge >= 0.3 is 5.97 Å². The number of benzene rings is 3. The first-order chi connectivity index (χ1) is 13.1. The summed E-state index contributed by atoms with van der Waals surface area (Å²) in [6.45, 7) is 1.89. The summed E-state index contributed by atoms with van der Waals surface area (Å²) in [6.07, 6.45) is 0. The minimum atomic E-state index is -0.710. The predicted octanol–water partition coefficient (Wildman–Crippen LogP) is 4.24. The van der Waals surface area contributed by atoms with Crippen molar-refractivity contribution in [2.75, 3.05) is 6.61 Å². The number of halogens is 1. The van der Waals surface area contributed by atoms with Gasteiger partial charge in [0.25, 0.3) is 0 Å². The van der Waals surface area contributed by atoms with Gasteiger partial charge in [-0.15, -0.1) is 0 Å². The molecule has 0 fully saturated rings. The number of carbonyl (C=O) groups is 1. The number of hydrogen-bond donors (Lipinski definition) is 1. The number of nitrogens with two attached hydrogens (primary N) is 1. The van der Waals surface area contributed by atoms with E-state index in [1.165, 1.54) is 6.07 Å². The molecule has 0 spiro atoms. The summed E-state index contributed by atoms with van der Waals surface area (Å²) in [5.74, 6) is -1.27. The highest BCUT2D eigenvalue weighted by Gasteiger charge is 2.37. The third-order valence-corrected chi connectivity index (χ3v) is 4.70. The van der Waals surface area contributed by atoms with Gasteiger partial charge in [0.05, 0.1) is 12.5 Å². The molecule has 0 amide bonds. The summed E-state index contributed by atoms with van der Waals surface area (Å²) in [6, 6.07) is 17.8. The lowest BCUT2D eigenvalue weighted by Crippen LogP contribution is -2.28. The van der Waals surface area contributed by atoms with Gasteiger partial charge < -0.3 is 15.2 Å². The molecule has 1 aliphatic rings. The molecule has 3 aromatic carbocycles. The fourth-order valence-corrected chi connectivity index (χ4v) is 3.52. The fraction of sp³-hybridized carbons (Fsp3) is 0.136. The molecule has 2 N–H and O–H groups in total. The molecule has 0 aromatic heterocycles. The van der Waals surface area contributed by atoms with Crippen molar-refractivity contribution in [1.82, 2.24) is 0 Å². The Morgan fingerprint density at radius 2 is 1.81 bits per heavy atom. The number of esters is 1. The van der Waals surface area contributed by atoms with Gasteiger partial charge in [-0.05, 0) is 18.4 Å². The van der Waals surface area contributed by atoms with Gasteiger partial charge in [-0.2, -0.15) is 0 Å². The Morgan fingerprint density at radius 1 is 1.07 bits per heavy atom. The Labute approximate surface area is 156 Å². The van der Waals surface area contributed by atoms with Gasteiger partial charge in [-0.3, -0.25) is 0 Å². The average Bonchev–Trinajstić information content (AvgIpc) is 2.67. The minimum absolute atomic E-state index is 0.0643. The number of carbonyl (C=O) groups excluding carboxylic acids is 1. The summed E-state index contributed by atoms with van der Waals surface area (Å²) in [5, 5.41) is 1.82. The number of rotatable bonds is 3. The Balaban J connectivity index is 2.00. The maximum absolute atomic E-state index is 14.7. The van der Waals surface area contributed by atoms with E-state index in [2.05, 4.69) is 0 Å². The maximum Gasteiger partial charge on any atom is 0.340 e. The molecule has 4 nitrogen and oxygen atoms in total. The quantitative estimate of drug-likeness (QED) is 0.707. The first-order valence-corrected chi connectivity index (χ1v) is 8.72. The molecule has 4 rings (SSSR count). The molecule has 136 valence electrons. The van der Waals surface area contributed by atoms with Gasteiger partial charge in [-0.25, -0.2) is 9.18 Å². The highest BCUT2D eigenvalue weighted by Crippen LogP contribution is 2.46. The second-order valence-electron chi connectivity index (χ2n) is 6.26. The maximum atomic E-state index is 14.7. The lowest BCUT2D eigenvalue weighted by Gasteiger charge is -2.29. The van der Waals surface area contributed by atoms with Crippen LogP contribution in [-0.2, 0) is 9.53 Å². The third kappa shape index (κ3) is 2.81. The summed E-state index contributed by atoms with van der Waals surface area (Å²) in [4.78, 5) is 12.6. The molecule has 0 aliphatic carbocycles. The summed E-state index contributed by atoms with van der Waals surface area (Å²) in [7, 11) is 0. The predicted molar refractivity (Wildman–Crippen MR) is 101 cm³/mol. The Kier molecular flexibility index (Phi) is 4.28. The zero-order chi connectivity index (χ0) is 19.0. The molecule has 1 atom stereocenters. The van der Waals surface area contributed by atoms with Crippen molar-refractivity contribution >= 4 is 16.7 Å². The van der Waals surface area contributed by atoms with E-state index in [9.17, 15) is 9.18 Å². The lowest BCUT2D eigenvalue weighted by atomic mass is 9.81. The first-order valence-electron chi connectivity index (χ1n) is 8.72. The van der Waals surface area contributed by atoms with Crippen molar-refractivity contribution in [3.05, 3.63) is 89.1 Å². The molecular weight excluding hydrogens is 345 g/mol. The molecule has 0 radical (unpaired) electrons. The van der Waals surface area contributed by atoms with E-state index in [1.807, 2.05) is 36.4 Å². The van der Waals surface area contributed by atoms with Gasteiger partial charge in [0.15, 0.2) is 0 Å². The topological polar surface area (TPSA) is 61.5 Å². The molecular formula is C22H18FNO3. The van der Waals surface area contributed by atoms with E-state index in [0.717, 1.165) is 10.8 Å². The van der Waals surface area contributed by atoms with E-state index < -0.39 is 17.7 Å². The van der Waals surface area contributed by atoms with Crippen molar-refractivity contribution in [3.63, 3.8) is 0 Å². The molecule has 1 heterocycles. The molecule has 3 aromatic rings. The van der Waals surface area contributed by atoms with Crippen LogP contribution in [0.15, 0.2) is 72.1 Å². The third-order valence-electron chi connectivity index (χ3n) is 4.70. The highest BCUT2D eigenvalue weighted by molar-refractivity contribution is 5.96. The highest BCUT2D eigenvalue weighted by atomic mass is 19.1. The van der Waals surface area contributed by atoms with Crippen LogP contribution in [0, 0.1) is 5.82 Å². The van der Waals surface area contributed by atoms with Gasteiger partial charge in [0.2, 0.25) is 5.88 Å². The fourth-order valence-electron chi connectivity index (χ4n) is 3.52. The van der Waals surface area contributed by atoms with E-state index >= 15 is 0 Å². The van der Waals surface area contributed by atoms with Crippen molar-refractivity contribution in [2.45, 2.75) is 12.8 Å². The van der Waals surface area contributed by atoms with Crippen LogP contribution >= 0.6 is 0 Å². The van der Waals surface area contributed by atoms with E-state index in [1.54, 1.807) is 25.1 Å². The number of hydrogen-bond acceptors (Lipinski definition) is 4. The largest absolute Gasteiger partial charge is 0.462 e. The number of ether oxygens (including phenoxy) is 2. The van der Waals surface area contributed by atoms with Gasteiger partial charge in [0, 0.05) is 16.5 Å². The molecule has 0 saturated heterocycles. The standard InChI is InChI=1S/C22H18FNO3/c1-2-26-22(25)19-18(15-9-5-6-10-17(15)23)16-12-11-13-7-3-4-8-14(13)20(16)27-21(19)24/h3-12,18H,2,24H2,1H3/t18-/m0/s1. The zero-order valence-electron chi connectivity index (χ0n) is 14.7. The Hall–Kier alpha value is -3.34. The van der Waals surface area contributed by atoms with E-state index in [-0.39, 0.29) is 18.1 Å². The van der Waals surface area contributed by atoms with Crippen molar-refractivity contribution in [1.29, 1.82) is 0 Å². The average molecular weight is 363 g/mol. The molecule has 0 bridgehead atoms. The van der Waals surface area contributed by atoms with Crippen molar-refractivity contribution < 1.29 is 18.7 Å². The molecule has 0 unspecified atom stereocenters. The van der Waals surface area contributed by atoms with Crippen molar-refractivity contribution in [3.8, 4) is 5.75 Å². The first kappa shape index (κ1) is 17.1.